The second-order valence-electron chi connectivity index (χ2n) is 7.51. The molecule has 0 radical (unpaired) electrons. The van der Waals surface area contributed by atoms with E-state index in [1.165, 1.54) is 11.5 Å². The molecule has 164 valence electrons. The van der Waals surface area contributed by atoms with E-state index < -0.39 is 35.8 Å². The first-order valence-electron chi connectivity index (χ1n) is 9.87. The molecule has 2 unspecified atom stereocenters. The van der Waals surface area contributed by atoms with Crippen molar-refractivity contribution in [2.45, 2.75) is 45.5 Å². The van der Waals surface area contributed by atoms with Gasteiger partial charge in [-0.1, -0.05) is 44.2 Å². The summed E-state index contributed by atoms with van der Waals surface area (Å²) >= 11 is 1.22. The molecule has 0 fully saturated rings. The predicted molar refractivity (Wildman–Crippen MR) is 113 cm³/mol. The minimum Gasteiger partial charge on any atom is -0.445 e. The molecule has 31 heavy (non-hydrogen) atoms. The summed E-state index contributed by atoms with van der Waals surface area (Å²) < 4.78 is 9.28. The summed E-state index contributed by atoms with van der Waals surface area (Å²) in [6.07, 6.45) is 1.06. The molecule has 2 heterocycles. The van der Waals surface area contributed by atoms with Crippen LogP contribution in [0.25, 0.3) is 0 Å². The number of Topliss-reactive ketones (excluding diaryl/α,β-unsaturated/α-hetero) is 1. The van der Waals surface area contributed by atoms with Crippen LogP contribution in [0, 0.1) is 5.92 Å². The Hall–Kier alpha value is -3.27. The summed E-state index contributed by atoms with van der Waals surface area (Å²) in [5, 5.41) is 7.70. The summed E-state index contributed by atoms with van der Waals surface area (Å²) in [5.41, 5.74) is 1.63. The van der Waals surface area contributed by atoms with E-state index in [9.17, 15) is 19.2 Å². The lowest BCUT2D eigenvalue weighted by Gasteiger charge is -2.25. The van der Waals surface area contributed by atoms with E-state index in [0.717, 1.165) is 16.0 Å². The number of nitrogens with zero attached hydrogens (tertiary/aromatic N) is 1. The number of amides is 3. The molecular formula is C21H24N4O5S. The molecule has 1 aromatic heterocycles. The third-order valence-electron chi connectivity index (χ3n) is 4.85. The molecule has 3 rings (SSSR count). The zero-order chi connectivity index (χ0) is 22.4. The standard InChI is InChI=1S/C21H24N4O5S/c1-12(2)17(25-21(29)30-11-13-6-4-3-5-7-13)19(27)24-15-8-16-14(10-23-31-16)9-22-20(28)18(15)26/h3-7,10,12,15,17H,8-9,11H2,1-2H3,(H,22,28)(H,24,27)(H,25,29). The van der Waals surface area contributed by atoms with Crippen molar-refractivity contribution in [3.8, 4) is 0 Å². The van der Waals surface area contributed by atoms with Gasteiger partial charge in [-0.05, 0) is 23.0 Å². The second-order valence-corrected chi connectivity index (χ2v) is 8.40. The van der Waals surface area contributed by atoms with Crippen LogP contribution in [0.1, 0.15) is 29.9 Å². The van der Waals surface area contributed by atoms with E-state index in [1.807, 2.05) is 30.3 Å². The third-order valence-corrected chi connectivity index (χ3v) is 5.71. The molecule has 9 nitrogen and oxygen atoms in total. The van der Waals surface area contributed by atoms with Gasteiger partial charge in [-0.2, -0.15) is 0 Å². The Kier molecular flexibility index (Phi) is 7.35. The smallest absolute Gasteiger partial charge is 0.408 e. The number of hydrogen-bond donors (Lipinski definition) is 3. The number of carbonyl (C=O) groups is 4. The largest absolute Gasteiger partial charge is 0.445 e. The van der Waals surface area contributed by atoms with Crippen molar-refractivity contribution in [3.63, 3.8) is 0 Å². The molecule has 2 aromatic rings. The second kappa shape index (κ2) is 10.2. The third kappa shape index (κ3) is 5.88. The normalized spacial score (nSPS) is 17.1. The van der Waals surface area contributed by atoms with Crippen LogP contribution in [0.15, 0.2) is 36.5 Å². The number of benzene rings is 1. The molecule has 1 aliphatic rings. The van der Waals surface area contributed by atoms with Crippen LogP contribution in [0.3, 0.4) is 0 Å². The summed E-state index contributed by atoms with van der Waals surface area (Å²) in [7, 11) is 0. The van der Waals surface area contributed by atoms with Crippen LogP contribution < -0.4 is 16.0 Å². The van der Waals surface area contributed by atoms with Crippen molar-refractivity contribution in [1.29, 1.82) is 0 Å². The number of ether oxygens (including phenoxy) is 1. The van der Waals surface area contributed by atoms with Gasteiger partial charge in [0.1, 0.15) is 18.7 Å². The van der Waals surface area contributed by atoms with Crippen LogP contribution in [0.4, 0.5) is 4.79 Å². The Morgan fingerprint density at radius 1 is 1.26 bits per heavy atom. The fourth-order valence-corrected chi connectivity index (χ4v) is 3.89. The number of aromatic nitrogens is 1. The average Bonchev–Trinajstić information content (AvgIpc) is 3.19. The summed E-state index contributed by atoms with van der Waals surface area (Å²) in [6, 6.07) is 7.17. The van der Waals surface area contributed by atoms with Crippen LogP contribution in [-0.2, 0) is 38.7 Å². The number of nitrogens with one attached hydrogen (secondary N) is 3. The molecule has 0 aliphatic carbocycles. The first-order chi connectivity index (χ1) is 14.8. The van der Waals surface area contributed by atoms with Crippen molar-refractivity contribution in [3.05, 3.63) is 52.5 Å². The van der Waals surface area contributed by atoms with Gasteiger partial charge in [-0.15, -0.1) is 0 Å². The molecule has 0 saturated heterocycles. The van der Waals surface area contributed by atoms with Crippen molar-refractivity contribution in [2.24, 2.45) is 5.92 Å². The fraction of sp³-hybridized carbons (Fsp3) is 0.381. The first kappa shape index (κ1) is 22.4. The fourth-order valence-electron chi connectivity index (χ4n) is 3.10. The molecular weight excluding hydrogens is 420 g/mol. The maximum Gasteiger partial charge on any atom is 0.408 e. The Labute approximate surface area is 183 Å². The lowest BCUT2D eigenvalue weighted by atomic mass is 10.00. The van der Waals surface area contributed by atoms with Crippen molar-refractivity contribution < 1.29 is 23.9 Å². The highest BCUT2D eigenvalue weighted by Crippen LogP contribution is 2.18. The molecule has 0 bridgehead atoms. The molecule has 3 N–H and O–H groups in total. The van der Waals surface area contributed by atoms with Crippen molar-refractivity contribution >= 4 is 35.2 Å². The van der Waals surface area contributed by atoms with E-state index in [-0.39, 0.29) is 25.5 Å². The van der Waals surface area contributed by atoms with E-state index in [2.05, 4.69) is 20.3 Å². The number of alkyl carbamates (subject to hydrolysis) is 1. The number of carbonyl (C=O) groups excluding carboxylic acids is 4. The van der Waals surface area contributed by atoms with Gasteiger partial charge in [-0.3, -0.25) is 14.4 Å². The Balaban J connectivity index is 1.64. The molecule has 0 spiro atoms. The topological polar surface area (TPSA) is 126 Å². The highest BCUT2D eigenvalue weighted by Gasteiger charge is 2.33. The lowest BCUT2D eigenvalue weighted by Crippen LogP contribution is -2.56. The van der Waals surface area contributed by atoms with E-state index in [1.54, 1.807) is 20.0 Å². The van der Waals surface area contributed by atoms with Gasteiger partial charge < -0.3 is 20.7 Å². The van der Waals surface area contributed by atoms with Gasteiger partial charge in [0.05, 0.1) is 0 Å². The molecule has 1 aliphatic heterocycles. The SMILES string of the molecule is CC(C)C(NC(=O)OCc1ccccc1)C(=O)NC1Cc2sncc2CNC(=O)C1=O. The minimum atomic E-state index is -1.05. The summed E-state index contributed by atoms with van der Waals surface area (Å²) in [4.78, 5) is 50.5. The molecule has 1 aromatic carbocycles. The molecule has 0 saturated carbocycles. The minimum absolute atomic E-state index is 0.0640. The number of rotatable bonds is 6. The van der Waals surface area contributed by atoms with Gasteiger partial charge in [-0.25, -0.2) is 9.17 Å². The summed E-state index contributed by atoms with van der Waals surface area (Å²) in [6.45, 7) is 3.81. The average molecular weight is 445 g/mol. The molecule has 3 amide bonds. The van der Waals surface area contributed by atoms with Crippen molar-refractivity contribution in [1.82, 2.24) is 20.3 Å². The molecule has 10 heteroatoms. The quantitative estimate of drug-likeness (QED) is 0.577. The highest BCUT2D eigenvalue weighted by atomic mass is 32.1. The monoisotopic (exact) mass is 444 g/mol. The van der Waals surface area contributed by atoms with Gasteiger partial charge in [0.2, 0.25) is 11.7 Å². The van der Waals surface area contributed by atoms with Gasteiger partial charge >= 0.3 is 6.09 Å². The highest BCUT2D eigenvalue weighted by molar-refractivity contribution is 7.05. The van der Waals surface area contributed by atoms with Crippen LogP contribution in [0.2, 0.25) is 0 Å². The van der Waals surface area contributed by atoms with Gasteiger partial charge in [0.15, 0.2) is 0 Å². The van der Waals surface area contributed by atoms with E-state index in [0.29, 0.717) is 0 Å². The molecule has 2 atom stereocenters. The number of hydrogen-bond acceptors (Lipinski definition) is 7. The maximum absolute atomic E-state index is 12.9. The number of ketones is 1. The predicted octanol–water partition coefficient (Wildman–Crippen LogP) is 1.32. The van der Waals surface area contributed by atoms with Crippen molar-refractivity contribution in [2.75, 3.05) is 0 Å². The zero-order valence-corrected chi connectivity index (χ0v) is 18.0. The van der Waals surface area contributed by atoms with Crippen LogP contribution in [-0.4, -0.2) is 40.1 Å². The van der Waals surface area contributed by atoms with E-state index in [4.69, 9.17) is 4.74 Å². The lowest BCUT2D eigenvalue weighted by molar-refractivity contribution is -0.140. The zero-order valence-electron chi connectivity index (χ0n) is 17.2. The summed E-state index contributed by atoms with van der Waals surface area (Å²) in [5.74, 6) is -2.34. The van der Waals surface area contributed by atoms with Crippen LogP contribution >= 0.6 is 11.5 Å². The van der Waals surface area contributed by atoms with Gasteiger partial charge in [0, 0.05) is 29.6 Å². The van der Waals surface area contributed by atoms with E-state index >= 15 is 0 Å². The van der Waals surface area contributed by atoms with Crippen LogP contribution in [0.5, 0.6) is 0 Å². The van der Waals surface area contributed by atoms with Gasteiger partial charge in [0.25, 0.3) is 5.91 Å². The maximum atomic E-state index is 12.9. The number of fused-ring (bicyclic) bond motifs is 1. The Morgan fingerprint density at radius 2 is 2.00 bits per heavy atom. The Morgan fingerprint density at radius 3 is 2.71 bits per heavy atom. The Bertz CT molecular complexity index is 960. The first-order valence-corrected chi connectivity index (χ1v) is 10.6.